The number of aryl methyl sites for hydroxylation is 1. The normalized spacial score (nSPS) is 35.3. The number of allylic oxidation sites excluding steroid dienone is 3. The third kappa shape index (κ3) is 5.25. The Hall–Kier alpha value is -1.30. The number of rotatable bonds is 6. The van der Waals surface area contributed by atoms with Crippen molar-refractivity contribution >= 4 is 0 Å². The zero-order valence-corrected chi connectivity index (χ0v) is 18.7. The summed E-state index contributed by atoms with van der Waals surface area (Å²) in [5, 5.41) is 0. The zero-order valence-electron chi connectivity index (χ0n) is 18.7. The molecule has 0 aliphatic heterocycles. The molecule has 158 valence electrons. The Morgan fingerprint density at radius 1 is 0.793 bits per heavy atom. The van der Waals surface area contributed by atoms with Crippen molar-refractivity contribution in [2.24, 2.45) is 29.6 Å². The predicted octanol–water partition coefficient (Wildman–Crippen LogP) is 8.49. The molecule has 3 aliphatic carbocycles. The van der Waals surface area contributed by atoms with Gasteiger partial charge in [-0.15, -0.1) is 6.58 Å². The molecule has 0 amide bonds. The zero-order chi connectivity index (χ0) is 20.1. The van der Waals surface area contributed by atoms with E-state index in [-0.39, 0.29) is 0 Å². The van der Waals surface area contributed by atoms with Crippen molar-refractivity contribution < 1.29 is 0 Å². The molecule has 0 spiro atoms. The monoisotopic (exact) mass is 390 g/mol. The van der Waals surface area contributed by atoms with Gasteiger partial charge in [0.05, 0.1) is 0 Å². The summed E-state index contributed by atoms with van der Waals surface area (Å²) in [6, 6.07) is 9.54. The van der Waals surface area contributed by atoms with Crippen LogP contribution in [0.1, 0.15) is 94.6 Å². The summed E-state index contributed by atoms with van der Waals surface area (Å²) in [7, 11) is 0. The Kier molecular flexibility index (Phi) is 7.33. The highest BCUT2D eigenvalue weighted by molar-refractivity contribution is 5.26. The lowest BCUT2D eigenvalue weighted by Crippen LogP contribution is -2.34. The lowest BCUT2D eigenvalue weighted by Gasteiger charge is -2.45. The van der Waals surface area contributed by atoms with E-state index in [0.29, 0.717) is 0 Å². The quantitative estimate of drug-likeness (QED) is 0.427. The van der Waals surface area contributed by atoms with Crippen molar-refractivity contribution in [1.29, 1.82) is 0 Å². The Labute approximate surface area is 179 Å². The van der Waals surface area contributed by atoms with Gasteiger partial charge < -0.3 is 0 Å². The first-order valence-electron chi connectivity index (χ1n) is 12.6. The lowest BCUT2D eigenvalue weighted by atomic mass is 9.61. The van der Waals surface area contributed by atoms with Crippen molar-refractivity contribution in [3.8, 4) is 0 Å². The molecule has 1 aromatic carbocycles. The van der Waals surface area contributed by atoms with Crippen molar-refractivity contribution in [2.75, 3.05) is 0 Å². The molecule has 0 radical (unpaired) electrons. The maximum Gasteiger partial charge on any atom is -0.0162 e. The standard InChI is InChI=1S/C29H42/c1-3-5-7-22-8-11-24(12-9-22)25-14-16-26(17-15-25)28-19-18-27-20-23(6-4-2)10-13-29(27)21-28/h3-4,6,8-9,11-12,23,25-29H,1,5,7,10,13-21H2,2H3/b6-4+. The van der Waals surface area contributed by atoms with Crippen LogP contribution in [0, 0.1) is 29.6 Å². The maximum atomic E-state index is 3.84. The summed E-state index contributed by atoms with van der Waals surface area (Å²) in [4.78, 5) is 0. The molecule has 3 fully saturated rings. The van der Waals surface area contributed by atoms with E-state index in [1.54, 1.807) is 12.0 Å². The molecule has 0 nitrogen and oxygen atoms in total. The Morgan fingerprint density at radius 3 is 2.10 bits per heavy atom. The summed E-state index contributed by atoms with van der Waals surface area (Å²) in [6.45, 7) is 6.03. The smallest absolute Gasteiger partial charge is 0.0162 e. The molecular formula is C29H42. The minimum Gasteiger partial charge on any atom is -0.103 e. The van der Waals surface area contributed by atoms with E-state index < -0.39 is 0 Å². The molecule has 0 saturated heterocycles. The van der Waals surface area contributed by atoms with Crippen LogP contribution in [0.15, 0.2) is 49.1 Å². The van der Waals surface area contributed by atoms with E-state index in [9.17, 15) is 0 Å². The van der Waals surface area contributed by atoms with Crippen LogP contribution in [0.4, 0.5) is 0 Å². The number of fused-ring (bicyclic) bond motifs is 1. The van der Waals surface area contributed by atoms with Gasteiger partial charge in [-0.25, -0.2) is 0 Å². The third-order valence-corrected chi connectivity index (χ3v) is 8.69. The second-order valence-corrected chi connectivity index (χ2v) is 10.4. The van der Waals surface area contributed by atoms with Crippen LogP contribution in [0.25, 0.3) is 0 Å². The van der Waals surface area contributed by atoms with Gasteiger partial charge in [-0.05, 0) is 131 Å². The van der Waals surface area contributed by atoms with Gasteiger partial charge in [0, 0.05) is 0 Å². The molecule has 0 aromatic heterocycles. The second kappa shape index (κ2) is 10.1. The van der Waals surface area contributed by atoms with E-state index in [1.807, 2.05) is 6.08 Å². The topological polar surface area (TPSA) is 0 Å². The molecule has 29 heavy (non-hydrogen) atoms. The van der Waals surface area contributed by atoms with Crippen LogP contribution in [0.5, 0.6) is 0 Å². The minimum atomic E-state index is 0.812. The first-order valence-corrected chi connectivity index (χ1v) is 12.6. The SMILES string of the molecule is C=CCCc1ccc(C2CCC(C3CCC4CC(/C=C/C)CCC4C3)CC2)cc1. The van der Waals surface area contributed by atoms with Gasteiger partial charge in [-0.1, -0.05) is 42.5 Å². The summed E-state index contributed by atoms with van der Waals surface area (Å²) >= 11 is 0. The van der Waals surface area contributed by atoms with Gasteiger partial charge >= 0.3 is 0 Å². The molecular weight excluding hydrogens is 348 g/mol. The van der Waals surface area contributed by atoms with E-state index in [4.69, 9.17) is 0 Å². The van der Waals surface area contributed by atoms with Crippen molar-refractivity contribution in [3.63, 3.8) is 0 Å². The first-order chi connectivity index (χ1) is 14.3. The highest BCUT2D eigenvalue weighted by Crippen LogP contribution is 2.50. The predicted molar refractivity (Wildman–Crippen MR) is 126 cm³/mol. The van der Waals surface area contributed by atoms with E-state index >= 15 is 0 Å². The number of benzene rings is 1. The van der Waals surface area contributed by atoms with Crippen molar-refractivity contribution in [1.82, 2.24) is 0 Å². The highest BCUT2D eigenvalue weighted by Gasteiger charge is 2.38. The molecule has 0 heterocycles. The lowest BCUT2D eigenvalue weighted by molar-refractivity contribution is 0.0719. The fraction of sp³-hybridized carbons (Fsp3) is 0.655. The van der Waals surface area contributed by atoms with E-state index in [1.165, 1.54) is 63.4 Å². The molecule has 4 unspecified atom stereocenters. The number of hydrogen-bond acceptors (Lipinski definition) is 0. The maximum absolute atomic E-state index is 3.84. The van der Waals surface area contributed by atoms with Crippen LogP contribution in [0.2, 0.25) is 0 Å². The molecule has 1 aromatic rings. The Balaban J connectivity index is 1.25. The molecule has 0 N–H and O–H groups in total. The molecule has 0 heteroatoms. The summed E-state index contributed by atoms with van der Waals surface area (Å²) < 4.78 is 0. The van der Waals surface area contributed by atoms with Crippen molar-refractivity contribution in [2.45, 2.75) is 89.9 Å². The molecule has 4 atom stereocenters. The van der Waals surface area contributed by atoms with Crippen molar-refractivity contribution in [3.05, 3.63) is 60.2 Å². The molecule has 4 rings (SSSR count). The molecule has 3 aliphatic rings. The summed E-state index contributed by atoms with van der Waals surface area (Å²) in [5.41, 5.74) is 3.06. The van der Waals surface area contributed by atoms with Crippen LogP contribution in [-0.2, 0) is 6.42 Å². The summed E-state index contributed by atoms with van der Waals surface area (Å²) in [5.74, 6) is 5.85. The van der Waals surface area contributed by atoms with Crippen LogP contribution < -0.4 is 0 Å². The van der Waals surface area contributed by atoms with Gasteiger partial charge in [-0.3, -0.25) is 0 Å². The van der Waals surface area contributed by atoms with E-state index in [0.717, 1.165) is 48.3 Å². The average Bonchev–Trinajstić information content (AvgIpc) is 2.78. The van der Waals surface area contributed by atoms with Gasteiger partial charge in [0.1, 0.15) is 0 Å². The van der Waals surface area contributed by atoms with Crippen LogP contribution in [0.3, 0.4) is 0 Å². The average molecular weight is 391 g/mol. The van der Waals surface area contributed by atoms with Crippen LogP contribution >= 0.6 is 0 Å². The second-order valence-electron chi connectivity index (χ2n) is 10.4. The Bertz CT molecular complexity index is 658. The fourth-order valence-electron chi connectivity index (χ4n) is 6.99. The van der Waals surface area contributed by atoms with Gasteiger partial charge in [-0.2, -0.15) is 0 Å². The third-order valence-electron chi connectivity index (χ3n) is 8.69. The highest BCUT2D eigenvalue weighted by atomic mass is 14.4. The van der Waals surface area contributed by atoms with Gasteiger partial charge in [0.25, 0.3) is 0 Å². The van der Waals surface area contributed by atoms with E-state index in [2.05, 4.69) is 49.9 Å². The first kappa shape index (κ1) is 21.0. The number of hydrogen-bond donors (Lipinski definition) is 0. The van der Waals surface area contributed by atoms with Gasteiger partial charge in [0.2, 0.25) is 0 Å². The molecule has 0 bridgehead atoms. The Morgan fingerprint density at radius 2 is 1.41 bits per heavy atom. The van der Waals surface area contributed by atoms with Crippen LogP contribution in [-0.4, -0.2) is 0 Å². The minimum absolute atomic E-state index is 0.812. The molecule has 3 saturated carbocycles. The fourth-order valence-corrected chi connectivity index (χ4v) is 6.99. The van der Waals surface area contributed by atoms with Gasteiger partial charge in [0.15, 0.2) is 0 Å². The largest absolute Gasteiger partial charge is 0.103 e. The summed E-state index contributed by atoms with van der Waals surface area (Å²) in [6.07, 6.45) is 23.9.